The standard InChI is InChI=1S/C15H23N3O3/c1-15(10-16,12-3-4-12)17-13(19)9-18-7-5-11(6-8-18)14(20)21-2/h11-12H,3-9H2,1-2H3,(H,17,19)/t15-/m0/s1. The van der Waals surface area contributed by atoms with Gasteiger partial charge in [-0.15, -0.1) is 0 Å². The Balaban J connectivity index is 1.77. The molecular weight excluding hydrogens is 270 g/mol. The predicted octanol–water partition coefficient (Wildman–Crippen LogP) is 0.680. The molecule has 0 aromatic carbocycles. The third-order valence-electron chi connectivity index (χ3n) is 4.51. The van der Waals surface area contributed by atoms with E-state index in [1.807, 2.05) is 4.90 Å². The summed E-state index contributed by atoms with van der Waals surface area (Å²) in [6, 6.07) is 2.23. The van der Waals surface area contributed by atoms with Crippen LogP contribution < -0.4 is 5.32 Å². The van der Waals surface area contributed by atoms with E-state index in [9.17, 15) is 14.9 Å². The molecule has 21 heavy (non-hydrogen) atoms. The molecule has 0 radical (unpaired) electrons. The summed E-state index contributed by atoms with van der Waals surface area (Å²) in [6.45, 7) is 3.50. The quantitative estimate of drug-likeness (QED) is 0.754. The van der Waals surface area contributed by atoms with Gasteiger partial charge in [0, 0.05) is 0 Å². The van der Waals surface area contributed by atoms with Crippen molar-refractivity contribution in [2.45, 2.75) is 38.1 Å². The Morgan fingerprint density at radius 3 is 2.43 bits per heavy atom. The van der Waals surface area contributed by atoms with Crippen LogP contribution in [-0.2, 0) is 14.3 Å². The first-order chi connectivity index (χ1) is 9.98. The van der Waals surface area contributed by atoms with Crippen molar-refractivity contribution >= 4 is 11.9 Å². The number of ether oxygens (including phenoxy) is 1. The van der Waals surface area contributed by atoms with E-state index in [2.05, 4.69) is 11.4 Å². The summed E-state index contributed by atoms with van der Waals surface area (Å²) in [4.78, 5) is 25.6. The lowest BCUT2D eigenvalue weighted by atomic mass is 9.96. The summed E-state index contributed by atoms with van der Waals surface area (Å²) < 4.78 is 4.75. The SMILES string of the molecule is COC(=O)C1CCN(CC(=O)N[C@@](C)(C#N)C2CC2)CC1. The van der Waals surface area contributed by atoms with Crippen LogP contribution in [0.5, 0.6) is 0 Å². The third-order valence-corrected chi connectivity index (χ3v) is 4.51. The van der Waals surface area contributed by atoms with Crippen LogP contribution in [0.25, 0.3) is 0 Å². The topological polar surface area (TPSA) is 82.4 Å². The average molecular weight is 293 g/mol. The second-order valence-corrected chi connectivity index (χ2v) is 6.21. The van der Waals surface area contributed by atoms with Crippen molar-refractivity contribution < 1.29 is 14.3 Å². The molecule has 0 unspecified atom stereocenters. The minimum atomic E-state index is -0.735. The van der Waals surface area contributed by atoms with Crippen LogP contribution >= 0.6 is 0 Å². The van der Waals surface area contributed by atoms with Gasteiger partial charge in [0.1, 0.15) is 5.54 Å². The number of nitriles is 1. The number of hydrogen-bond acceptors (Lipinski definition) is 5. The molecule has 1 saturated carbocycles. The molecule has 2 fully saturated rings. The predicted molar refractivity (Wildman–Crippen MR) is 76.1 cm³/mol. The van der Waals surface area contributed by atoms with Crippen molar-refractivity contribution in [2.24, 2.45) is 11.8 Å². The van der Waals surface area contributed by atoms with Crippen LogP contribution in [0.3, 0.4) is 0 Å². The van der Waals surface area contributed by atoms with Crippen molar-refractivity contribution in [2.75, 3.05) is 26.7 Å². The maximum Gasteiger partial charge on any atom is 0.308 e. The van der Waals surface area contributed by atoms with Crippen LogP contribution in [0, 0.1) is 23.2 Å². The summed E-state index contributed by atoms with van der Waals surface area (Å²) in [5, 5.41) is 12.1. The second-order valence-electron chi connectivity index (χ2n) is 6.21. The van der Waals surface area contributed by atoms with Crippen molar-refractivity contribution in [1.29, 1.82) is 5.26 Å². The highest BCUT2D eigenvalue weighted by Gasteiger charge is 2.43. The molecular formula is C15H23N3O3. The van der Waals surface area contributed by atoms with Crippen molar-refractivity contribution in [3.8, 4) is 6.07 Å². The normalized spacial score (nSPS) is 22.9. The number of methoxy groups -OCH3 is 1. The summed E-state index contributed by atoms with van der Waals surface area (Å²) in [5.41, 5.74) is -0.735. The van der Waals surface area contributed by atoms with Gasteiger partial charge in [-0.3, -0.25) is 14.5 Å². The lowest BCUT2D eigenvalue weighted by Gasteiger charge is -2.31. The fourth-order valence-corrected chi connectivity index (χ4v) is 2.91. The van der Waals surface area contributed by atoms with E-state index >= 15 is 0 Å². The average Bonchev–Trinajstić information content (AvgIpc) is 3.32. The third kappa shape index (κ3) is 3.94. The molecule has 0 aromatic rings. The first-order valence-corrected chi connectivity index (χ1v) is 7.51. The van der Waals surface area contributed by atoms with Gasteiger partial charge in [-0.25, -0.2) is 0 Å². The van der Waals surface area contributed by atoms with Crippen molar-refractivity contribution in [3.05, 3.63) is 0 Å². The lowest BCUT2D eigenvalue weighted by molar-refractivity contribution is -0.147. The fraction of sp³-hybridized carbons (Fsp3) is 0.800. The largest absolute Gasteiger partial charge is 0.469 e. The molecule has 1 atom stereocenters. The number of carbonyl (C=O) groups is 2. The van der Waals surface area contributed by atoms with E-state index in [1.165, 1.54) is 7.11 Å². The molecule has 1 saturated heterocycles. The van der Waals surface area contributed by atoms with Gasteiger partial charge in [-0.2, -0.15) is 5.26 Å². The molecule has 6 heteroatoms. The molecule has 1 aliphatic heterocycles. The smallest absolute Gasteiger partial charge is 0.308 e. The highest BCUT2D eigenvalue weighted by Crippen LogP contribution is 2.39. The van der Waals surface area contributed by atoms with Gasteiger partial charge in [0.2, 0.25) is 5.91 Å². The molecule has 1 N–H and O–H groups in total. The fourth-order valence-electron chi connectivity index (χ4n) is 2.91. The Bertz CT molecular complexity index is 448. The van der Waals surface area contributed by atoms with Gasteiger partial charge in [0.05, 0.1) is 25.6 Å². The van der Waals surface area contributed by atoms with E-state index in [1.54, 1.807) is 6.92 Å². The monoisotopic (exact) mass is 293 g/mol. The molecule has 0 spiro atoms. The Morgan fingerprint density at radius 2 is 1.95 bits per heavy atom. The van der Waals surface area contributed by atoms with E-state index in [4.69, 9.17) is 4.74 Å². The molecule has 1 amide bonds. The maximum atomic E-state index is 12.1. The number of esters is 1. The Kier molecular flexibility index (Phi) is 4.84. The second kappa shape index (κ2) is 6.44. The highest BCUT2D eigenvalue weighted by molar-refractivity contribution is 5.79. The number of hydrogen-bond donors (Lipinski definition) is 1. The van der Waals surface area contributed by atoms with E-state index in [0.717, 1.165) is 25.7 Å². The van der Waals surface area contributed by atoms with Crippen LogP contribution in [-0.4, -0.2) is 49.1 Å². The molecule has 116 valence electrons. The zero-order valence-corrected chi connectivity index (χ0v) is 12.7. The molecule has 1 aliphatic carbocycles. The number of likely N-dealkylation sites (tertiary alicyclic amines) is 1. The van der Waals surface area contributed by atoms with Crippen molar-refractivity contribution in [1.82, 2.24) is 10.2 Å². The maximum absolute atomic E-state index is 12.1. The van der Waals surface area contributed by atoms with Crippen LogP contribution in [0.15, 0.2) is 0 Å². The molecule has 1 heterocycles. The zero-order chi connectivity index (χ0) is 15.5. The minimum Gasteiger partial charge on any atom is -0.469 e. The highest BCUT2D eigenvalue weighted by atomic mass is 16.5. The molecule has 2 rings (SSSR count). The Labute approximate surface area is 125 Å². The molecule has 2 aliphatic rings. The summed E-state index contributed by atoms with van der Waals surface area (Å²) >= 11 is 0. The number of piperidine rings is 1. The number of nitrogens with zero attached hydrogens (tertiary/aromatic N) is 2. The van der Waals surface area contributed by atoms with Gasteiger partial charge in [0.25, 0.3) is 0 Å². The minimum absolute atomic E-state index is 0.0508. The van der Waals surface area contributed by atoms with Gasteiger partial charge in [0.15, 0.2) is 0 Å². The summed E-state index contributed by atoms with van der Waals surface area (Å²) in [7, 11) is 1.41. The van der Waals surface area contributed by atoms with Crippen LogP contribution in [0.1, 0.15) is 32.6 Å². The van der Waals surface area contributed by atoms with Gasteiger partial charge >= 0.3 is 5.97 Å². The first-order valence-electron chi connectivity index (χ1n) is 7.51. The van der Waals surface area contributed by atoms with Gasteiger partial charge in [-0.05, 0) is 51.6 Å². The number of nitrogens with one attached hydrogen (secondary N) is 1. The van der Waals surface area contributed by atoms with E-state index in [-0.39, 0.29) is 30.3 Å². The Hall–Kier alpha value is -1.61. The molecule has 0 bridgehead atoms. The first kappa shape index (κ1) is 15.8. The summed E-state index contributed by atoms with van der Waals surface area (Å²) in [5.74, 6) is -0.0333. The Morgan fingerprint density at radius 1 is 1.33 bits per heavy atom. The van der Waals surface area contributed by atoms with E-state index in [0.29, 0.717) is 13.1 Å². The van der Waals surface area contributed by atoms with Crippen molar-refractivity contribution in [3.63, 3.8) is 0 Å². The van der Waals surface area contributed by atoms with Gasteiger partial charge in [-0.1, -0.05) is 0 Å². The molecule has 6 nitrogen and oxygen atoms in total. The van der Waals surface area contributed by atoms with E-state index < -0.39 is 5.54 Å². The molecule has 0 aromatic heterocycles. The summed E-state index contributed by atoms with van der Waals surface area (Å²) in [6.07, 6.45) is 3.46. The number of carbonyl (C=O) groups excluding carboxylic acids is 2. The van der Waals surface area contributed by atoms with Crippen LogP contribution in [0.2, 0.25) is 0 Å². The van der Waals surface area contributed by atoms with Gasteiger partial charge < -0.3 is 10.1 Å². The lowest BCUT2D eigenvalue weighted by Crippen LogP contribution is -2.51. The van der Waals surface area contributed by atoms with Crippen LogP contribution in [0.4, 0.5) is 0 Å². The number of amides is 1. The zero-order valence-electron chi connectivity index (χ0n) is 12.7. The number of rotatable bonds is 5.